The molecule has 4 heterocycles. The highest BCUT2D eigenvalue weighted by molar-refractivity contribution is 5.93. The summed E-state index contributed by atoms with van der Waals surface area (Å²) in [6, 6.07) is 5.33. The molecule has 0 saturated carbocycles. The number of carbonyl (C=O) groups excluding carboxylic acids is 1. The van der Waals surface area contributed by atoms with Crippen molar-refractivity contribution in [3.63, 3.8) is 0 Å². The van der Waals surface area contributed by atoms with E-state index >= 15 is 0 Å². The Hall–Kier alpha value is -2.88. The van der Waals surface area contributed by atoms with E-state index in [4.69, 9.17) is 4.74 Å². The summed E-state index contributed by atoms with van der Waals surface area (Å²) in [5.41, 5.74) is 1.11. The zero-order valence-electron chi connectivity index (χ0n) is 12.4. The summed E-state index contributed by atoms with van der Waals surface area (Å²) in [5, 5.41) is 15.5. The number of hydrogen-bond donors (Lipinski definition) is 0. The minimum Gasteiger partial charge on any atom is -0.366 e. The molecule has 3 aromatic rings. The van der Waals surface area contributed by atoms with Crippen LogP contribution >= 0.6 is 0 Å². The van der Waals surface area contributed by atoms with Crippen LogP contribution in [0.4, 0.5) is 0 Å². The number of tetrazole rings is 1. The number of fused-ring (bicyclic) bond motifs is 1. The lowest BCUT2D eigenvalue weighted by Crippen LogP contribution is -2.43. The highest BCUT2D eigenvalue weighted by atomic mass is 16.5. The van der Waals surface area contributed by atoms with Gasteiger partial charge in [-0.2, -0.15) is 5.10 Å². The summed E-state index contributed by atoms with van der Waals surface area (Å²) in [7, 11) is 1.75. The van der Waals surface area contributed by atoms with E-state index in [2.05, 4.69) is 25.6 Å². The minimum absolute atomic E-state index is 0.121. The highest BCUT2D eigenvalue weighted by Gasteiger charge is 2.30. The van der Waals surface area contributed by atoms with E-state index in [1.807, 2.05) is 0 Å². The van der Waals surface area contributed by atoms with Gasteiger partial charge in [-0.1, -0.05) is 6.07 Å². The van der Waals surface area contributed by atoms with Gasteiger partial charge >= 0.3 is 0 Å². The maximum atomic E-state index is 12.8. The van der Waals surface area contributed by atoms with Crippen molar-refractivity contribution in [2.45, 2.75) is 6.10 Å². The second-order valence-corrected chi connectivity index (χ2v) is 5.21. The minimum atomic E-state index is -0.345. The maximum Gasteiger partial charge on any atom is 0.272 e. The molecule has 1 atom stereocenters. The van der Waals surface area contributed by atoms with Gasteiger partial charge in [-0.25, -0.2) is 14.2 Å². The van der Waals surface area contributed by atoms with Gasteiger partial charge in [-0.15, -0.1) is 5.10 Å². The SMILES string of the molecule is Cn1nnnc1C1CN(C(=O)c2cccc3ncnn23)CCO1. The summed E-state index contributed by atoms with van der Waals surface area (Å²) in [6.45, 7) is 1.32. The molecular weight excluding hydrogens is 300 g/mol. The number of aryl methyl sites for hydroxylation is 1. The predicted molar refractivity (Wildman–Crippen MR) is 76.4 cm³/mol. The third kappa shape index (κ3) is 2.32. The van der Waals surface area contributed by atoms with Crippen molar-refractivity contribution in [2.24, 2.45) is 7.05 Å². The number of aromatic nitrogens is 7. The van der Waals surface area contributed by atoms with Crippen LogP contribution in [-0.2, 0) is 11.8 Å². The third-order valence-electron chi connectivity index (χ3n) is 3.82. The molecule has 1 aliphatic heterocycles. The standard InChI is InChI=1S/C13H14N8O2/c1-19-12(16-17-18-19)10-7-20(5-6-23-10)13(22)9-3-2-4-11-14-8-15-21(9)11/h2-4,8,10H,5-7H2,1H3. The quantitative estimate of drug-likeness (QED) is 0.626. The van der Waals surface area contributed by atoms with Gasteiger partial charge in [0.15, 0.2) is 11.5 Å². The van der Waals surface area contributed by atoms with Crippen LogP contribution in [0.3, 0.4) is 0 Å². The second kappa shape index (κ2) is 5.39. The number of morpholine rings is 1. The Morgan fingerprint density at radius 3 is 3.13 bits per heavy atom. The molecule has 0 spiro atoms. The van der Waals surface area contributed by atoms with E-state index in [0.29, 0.717) is 36.9 Å². The smallest absolute Gasteiger partial charge is 0.272 e. The molecule has 0 aromatic carbocycles. The Balaban J connectivity index is 1.61. The topological polar surface area (TPSA) is 103 Å². The van der Waals surface area contributed by atoms with Crippen LogP contribution in [0, 0.1) is 0 Å². The van der Waals surface area contributed by atoms with Crippen molar-refractivity contribution >= 4 is 11.6 Å². The summed E-state index contributed by atoms with van der Waals surface area (Å²) in [5.74, 6) is 0.478. The molecule has 23 heavy (non-hydrogen) atoms. The van der Waals surface area contributed by atoms with Gasteiger partial charge in [-0.3, -0.25) is 4.79 Å². The van der Waals surface area contributed by atoms with Crippen molar-refractivity contribution in [3.05, 3.63) is 36.0 Å². The Labute approximate surface area is 130 Å². The number of pyridine rings is 1. The normalized spacial score (nSPS) is 18.5. The molecule has 0 bridgehead atoms. The Kier molecular flexibility index (Phi) is 3.23. The average molecular weight is 314 g/mol. The van der Waals surface area contributed by atoms with Crippen molar-refractivity contribution in [2.75, 3.05) is 19.7 Å². The molecule has 1 fully saturated rings. The van der Waals surface area contributed by atoms with Gasteiger partial charge in [0.2, 0.25) is 0 Å². The van der Waals surface area contributed by atoms with Crippen molar-refractivity contribution in [1.29, 1.82) is 0 Å². The zero-order chi connectivity index (χ0) is 15.8. The Bertz CT molecular complexity index is 856. The Morgan fingerprint density at radius 2 is 2.30 bits per heavy atom. The van der Waals surface area contributed by atoms with Crippen LogP contribution in [0.1, 0.15) is 22.4 Å². The first-order valence-corrected chi connectivity index (χ1v) is 7.16. The van der Waals surface area contributed by atoms with Gasteiger partial charge < -0.3 is 9.64 Å². The van der Waals surface area contributed by atoms with Crippen LogP contribution in [0.2, 0.25) is 0 Å². The van der Waals surface area contributed by atoms with Crippen molar-refractivity contribution in [3.8, 4) is 0 Å². The number of hydrogen-bond acceptors (Lipinski definition) is 7. The van der Waals surface area contributed by atoms with E-state index in [1.54, 1.807) is 34.8 Å². The van der Waals surface area contributed by atoms with E-state index in [-0.39, 0.29) is 12.0 Å². The van der Waals surface area contributed by atoms with E-state index in [0.717, 1.165) is 0 Å². The van der Waals surface area contributed by atoms with Crippen LogP contribution in [0.25, 0.3) is 5.65 Å². The lowest BCUT2D eigenvalue weighted by Gasteiger charge is -2.32. The Morgan fingerprint density at radius 1 is 1.39 bits per heavy atom. The summed E-state index contributed by atoms with van der Waals surface area (Å²) in [4.78, 5) is 18.7. The molecular formula is C13H14N8O2. The predicted octanol–water partition coefficient (Wildman–Crippen LogP) is -0.534. The van der Waals surface area contributed by atoms with E-state index in [9.17, 15) is 4.79 Å². The van der Waals surface area contributed by atoms with Gasteiger partial charge in [0.1, 0.15) is 18.1 Å². The molecule has 1 unspecified atom stereocenters. The fraction of sp³-hybridized carbons (Fsp3) is 0.385. The van der Waals surface area contributed by atoms with Crippen LogP contribution in [0.15, 0.2) is 24.5 Å². The van der Waals surface area contributed by atoms with Gasteiger partial charge in [0.25, 0.3) is 5.91 Å². The van der Waals surface area contributed by atoms with E-state index < -0.39 is 0 Å². The van der Waals surface area contributed by atoms with Crippen molar-refractivity contribution in [1.82, 2.24) is 39.7 Å². The van der Waals surface area contributed by atoms with Crippen LogP contribution < -0.4 is 0 Å². The molecule has 1 saturated heterocycles. The number of amides is 1. The third-order valence-corrected chi connectivity index (χ3v) is 3.82. The number of rotatable bonds is 2. The van der Waals surface area contributed by atoms with Gasteiger partial charge in [0.05, 0.1) is 13.2 Å². The van der Waals surface area contributed by atoms with Crippen LogP contribution in [-0.4, -0.2) is 65.3 Å². The largest absolute Gasteiger partial charge is 0.366 e. The molecule has 0 aliphatic carbocycles. The average Bonchev–Trinajstić information content (AvgIpc) is 3.22. The molecule has 1 aliphatic rings. The van der Waals surface area contributed by atoms with Gasteiger partial charge in [-0.05, 0) is 22.6 Å². The lowest BCUT2D eigenvalue weighted by atomic mass is 10.2. The molecule has 0 radical (unpaired) electrons. The fourth-order valence-electron chi connectivity index (χ4n) is 2.67. The first-order chi connectivity index (χ1) is 11.2. The summed E-state index contributed by atoms with van der Waals surface area (Å²) < 4.78 is 8.79. The zero-order valence-corrected chi connectivity index (χ0v) is 12.4. The van der Waals surface area contributed by atoms with Crippen molar-refractivity contribution < 1.29 is 9.53 Å². The summed E-state index contributed by atoms with van der Waals surface area (Å²) in [6.07, 6.45) is 1.09. The first-order valence-electron chi connectivity index (χ1n) is 7.16. The number of carbonyl (C=O) groups is 1. The number of ether oxygens (including phenoxy) is 1. The molecule has 10 heteroatoms. The van der Waals surface area contributed by atoms with E-state index in [1.165, 1.54) is 10.8 Å². The van der Waals surface area contributed by atoms with Crippen LogP contribution in [0.5, 0.6) is 0 Å². The van der Waals surface area contributed by atoms with Gasteiger partial charge in [0, 0.05) is 13.6 Å². The molecule has 3 aromatic heterocycles. The molecule has 1 amide bonds. The second-order valence-electron chi connectivity index (χ2n) is 5.21. The first kappa shape index (κ1) is 13.8. The molecule has 10 nitrogen and oxygen atoms in total. The highest BCUT2D eigenvalue weighted by Crippen LogP contribution is 2.20. The number of nitrogens with zero attached hydrogens (tertiary/aromatic N) is 8. The summed E-state index contributed by atoms with van der Waals surface area (Å²) >= 11 is 0. The monoisotopic (exact) mass is 314 g/mol. The molecule has 118 valence electrons. The fourth-order valence-corrected chi connectivity index (χ4v) is 2.67. The molecule has 0 N–H and O–H groups in total. The maximum absolute atomic E-state index is 12.8. The lowest BCUT2D eigenvalue weighted by molar-refractivity contribution is -0.0286. The molecule has 4 rings (SSSR count).